The first-order chi connectivity index (χ1) is 7.31. The van der Waals surface area contributed by atoms with E-state index in [0.717, 1.165) is 23.4 Å². The molecule has 15 heavy (non-hydrogen) atoms. The van der Waals surface area contributed by atoms with Gasteiger partial charge in [0, 0.05) is 23.2 Å². The van der Waals surface area contributed by atoms with Gasteiger partial charge in [-0.25, -0.2) is 0 Å². The number of aryl methyl sites for hydroxylation is 1. The van der Waals surface area contributed by atoms with E-state index in [1.807, 2.05) is 28.4 Å². The topological polar surface area (TPSA) is 38.0 Å². The lowest BCUT2D eigenvalue weighted by Crippen LogP contribution is -1.97. The Morgan fingerprint density at radius 2 is 2.47 bits per heavy atom. The van der Waals surface area contributed by atoms with Crippen molar-refractivity contribution in [3.05, 3.63) is 40.3 Å². The molecule has 0 saturated carbocycles. The summed E-state index contributed by atoms with van der Waals surface area (Å²) in [7, 11) is 0. The Kier molecular flexibility index (Phi) is 3.18. The van der Waals surface area contributed by atoms with Gasteiger partial charge in [0.05, 0.1) is 6.20 Å². The normalized spacial score (nSPS) is 12.9. The number of hydrogen-bond donors (Lipinski definition) is 1. The first-order valence-corrected chi connectivity index (χ1v) is 5.93. The first-order valence-electron chi connectivity index (χ1n) is 5.05. The Labute approximate surface area is 93.0 Å². The average Bonchev–Trinajstić information content (AvgIpc) is 2.87. The second-order valence-corrected chi connectivity index (χ2v) is 4.43. The molecule has 0 aliphatic heterocycles. The maximum absolute atomic E-state index is 10.0. The molecule has 1 unspecified atom stereocenters. The molecule has 2 aromatic heterocycles. The molecule has 0 radical (unpaired) electrons. The number of hydrogen-bond acceptors (Lipinski definition) is 3. The van der Waals surface area contributed by atoms with Crippen molar-refractivity contribution in [2.45, 2.75) is 26.0 Å². The van der Waals surface area contributed by atoms with E-state index in [9.17, 15) is 5.11 Å². The molecule has 2 aromatic rings. The third kappa shape index (κ3) is 2.27. The fourth-order valence-corrected chi connectivity index (χ4v) is 2.22. The maximum atomic E-state index is 10.0. The monoisotopic (exact) mass is 222 g/mol. The van der Waals surface area contributed by atoms with Gasteiger partial charge in [-0.3, -0.25) is 4.68 Å². The highest BCUT2D eigenvalue weighted by Crippen LogP contribution is 2.25. The van der Waals surface area contributed by atoms with Crippen molar-refractivity contribution in [2.75, 3.05) is 0 Å². The molecule has 80 valence electrons. The summed E-state index contributed by atoms with van der Waals surface area (Å²) in [5.74, 6) is 0. The summed E-state index contributed by atoms with van der Waals surface area (Å²) < 4.78 is 1.87. The average molecular weight is 222 g/mol. The first kappa shape index (κ1) is 10.4. The summed E-state index contributed by atoms with van der Waals surface area (Å²) in [6.07, 6.45) is 4.17. The van der Waals surface area contributed by atoms with Gasteiger partial charge in [-0.1, -0.05) is 13.0 Å². The van der Waals surface area contributed by atoms with E-state index >= 15 is 0 Å². The molecular formula is C11H14N2OS. The molecule has 0 amide bonds. The smallest absolute Gasteiger partial charge is 0.116 e. The zero-order valence-corrected chi connectivity index (χ0v) is 9.44. The second-order valence-electron chi connectivity index (χ2n) is 3.45. The van der Waals surface area contributed by atoms with Crippen LogP contribution in [0.25, 0.3) is 0 Å². The molecule has 0 aliphatic rings. The van der Waals surface area contributed by atoms with Gasteiger partial charge in [0.25, 0.3) is 0 Å². The number of aromatic nitrogens is 2. The molecule has 0 aliphatic carbocycles. The van der Waals surface area contributed by atoms with Crippen molar-refractivity contribution < 1.29 is 5.11 Å². The van der Waals surface area contributed by atoms with Crippen LogP contribution in [0.4, 0.5) is 0 Å². The van der Waals surface area contributed by atoms with Crippen LogP contribution in [0.5, 0.6) is 0 Å². The van der Waals surface area contributed by atoms with E-state index in [4.69, 9.17) is 0 Å². The quantitative estimate of drug-likeness (QED) is 0.862. The number of aliphatic hydroxyl groups excluding tert-OH is 1. The van der Waals surface area contributed by atoms with Crippen LogP contribution >= 0.6 is 11.3 Å². The van der Waals surface area contributed by atoms with Gasteiger partial charge in [-0.15, -0.1) is 11.3 Å². The second kappa shape index (κ2) is 4.59. The van der Waals surface area contributed by atoms with Crippen LogP contribution in [0, 0.1) is 0 Å². The predicted octanol–water partition coefficient (Wildman–Crippen LogP) is 2.44. The van der Waals surface area contributed by atoms with Gasteiger partial charge in [-0.2, -0.15) is 5.10 Å². The van der Waals surface area contributed by atoms with Crippen LogP contribution in [0.1, 0.15) is 29.9 Å². The molecule has 0 aromatic carbocycles. The zero-order chi connectivity index (χ0) is 10.7. The highest BCUT2D eigenvalue weighted by atomic mass is 32.1. The highest BCUT2D eigenvalue weighted by molar-refractivity contribution is 7.10. The Morgan fingerprint density at radius 3 is 3.13 bits per heavy atom. The number of aliphatic hydroxyl groups is 1. The minimum absolute atomic E-state index is 0.532. The number of nitrogens with zero attached hydrogens (tertiary/aromatic N) is 2. The van der Waals surface area contributed by atoms with Crippen LogP contribution in [-0.4, -0.2) is 14.9 Å². The van der Waals surface area contributed by atoms with Gasteiger partial charge < -0.3 is 5.11 Å². The van der Waals surface area contributed by atoms with E-state index in [0.29, 0.717) is 0 Å². The van der Waals surface area contributed by atoms with Crippen LogP contribution in [0.2, 0.25) is 0 Å². The highest BCUT2D eigenvalue weighted by Gasteiger charge is 2.12. The van der Waals surface area contributed by atoms with E-state index in [-0.39, 0.29) is 0 Å². The summed E-state index contributed by atoms with van der Waals surface area (Å²) in [5.41, 5.74) is 0.867. The zero-order valence-electron chi connectivity index (χ0n) is 8.63. The lowest BCUT2D eigenvalue weighted by Gasteiger charge is -2.04. The minimum Gasteiger partial charge on any atom is -0.383 e. The molecule has 2 heterocycles. The Balaban J connectivity index is 2.15. The van der Waals surface area contributed by atoms with E-state index in [2.05, 4.69) is 12.0 Å². The SMILES string of the molecule is CCCn1cc(C(O)c2cccs2)cn1. The van der Waals surface area contributed by atoms with Crippen LogP contribution < -0.4 is 0 Å². The number of thiophene rings is 1. The van der Waals surface area contributed by atoms with Gasteiger partial charge in [0.15, 0.2) is 0 Å². The lowest BCUT2D eigenvalue weighted by atomic mass is 10.2. The summed E-state index contributed by atoms with van der Waals surface area (Å²) in [4.78, 5) is 0.964. The summed E-state index contributed by atoms with van der Waals surface area (Å²) >= 11 is 1.56. The molecule has 1 atom stereocenters. The molecule has 3 nitrogen and oxygen atoms in total. The van der Waals surface area contributed by atoms with Crippen LogP contribution in [0.15, 0.2) is 29.9 Å². The van der Waals surface area contributed by atoms with Crippen molar-refractivity contribution in [3.63, 3.8) is 0 Å². The Bertz CT molecular complexity index is 408. The van der Waals surface area contributed by atoms with Crippen molar-refractivity contribution >= 4 is 11.3 Å². The summed E-state index contributed by atoms with van der Waals surface area (Å²) in [6.45, 7) is 3.01. The van der Waals surface area contributed by atoms with Gasteiger partial charge in [0.1, 0.15) is 6.10 Å². The summed E-state index contributed by atoms with van der Waals surface area (Å²) in [6, 6.07) is 3.88. The summed E-state index contributed by atoms with van der Waals surface area (Å²) in [5, 5.41) is 16.2. The third-order valence-electron chi connectivity index (χ3n) is 2.23. The predicted molar refractivity (Wildman–Crippen MR) is 60.9 cm³/mol. The van der Waals surface area contributed by atoms with Gasteiger partial charge in [0.2, 0.25) is 0 Å². The van der Waals surface area contributed by atoms with Crippen molar-refractivity contribution in [1.82, 2.24) is 9.78 Å². The minimum atomic E-state index is -0.532. The molecule has 1 N–H and O–H groups in total. The largest absolute Gasteiger partial charge is 0.383 e. The molecule has 0 saturated heterocycles. The van der Waals surface area contributed by atoms with Crippen LogP contribution in [-0.2, 0) is 6.54 Å². The standard InChI is InChI=1S/C11H14N2OS/c1-2-5-13-8-9(7-12-13)11(14)10-4-3-6-15-10/h3-4,6-8,11,14H,2,5H2,1H3. The van der Waals surface area contributed by atoms with Gasteiger partial charge >= 0.3 is 0 Å². The fraction of sp³-hybridized carbons (Fsp3) is 0.364. The van der Waals surface area contributed by atoms with Crippen molar-refractivity contribution in [1.29, 1.82) is 0 Å². The van der Waals surface area contributed by atoms with E-state index in [1.165, 1.54) is 0 Å². The van der Waals surface area contributed by atoms with Gasteiger partial charge in [-0.05, 0) is 17.9 Å². The molecule has 2 rings (SSSR count). The van der Waals surface area contributed by atoms with E-state index < -0.39 is 6.10 Å². The van der Waals surface area contributed by atoms with E-state index in [1.54, 1.807) is 17.5 Å². The molecule has 0 fully saturated rings. The van der Waals surface area contributed by atoms with Crippen molar-refractivity contribution in [2.24, 2.45) is 0 Å². The third-order valence-corrected chi connectivity index (χ3v) is 3.16. The fourth-order valence-electron chi connectivity index (χ4n) is 1.48. The molecule has 4 heteroatoms. The molecular weight excluding hydrogens is 208 g/mol. The Hall–Kier alpha value is -1.13. The Morgan fingerprint density at radius 1 is 1.60 bits per heavy atom. The van der Waals surface area contributed by atoms with Crippen molar-refractivity contribution in [3.8, 4) is 0 Å². The maximum Gasteiger partial charge on any atom is 0.116 e. The lowest BCUT2D eigenvalue weighted by molar-refractivity contribution is 0.224. The number of rotatable bonds is 4. The molecule has 0 spiro atoms. The van der Waals surface area contributed by atoms with Crippen LogP contribution in [0.3, 0.4) is 0 Å². The molecule has 0 bridgehead atoms.